The fourth-order valence-corrected chi connectivity index (χ4v) is 8.16. The maximum Gasteiger partial charge on any atom is 0.418 e. The Morgan fingerprint density at radius 3 is 2.38 bits per heavy atom. The Kier molecular flexibility index (Phi) is 11.0. The summed E-state index contributed by atoms with van der Waals surface area (Å²) in [6.45, 7) is 13.2. The molecule has 5 atom stereocenters. The molecule has 1 aliphatic carbocycles. The minimum absolute atomic E-state index is 0.0000384. The molecule has 6 rings (SSSR count). The highest BCUT2D eigenvalue weighted by Crippen LogP contribution is 2.53. The van der Waals surface area contributed by atoms with Gasteiger partial charge in [0.15, 0.2) is 17.1 Å². The van der Waals surface area contributed by atoms with Gasteiger partial charge in [0.1, 0.15) is 28.9 Å². The first kappa shape index (κ1) is 40.6. The lowest BCUT2D eigenvalue weighted by atomic mass is 9.86. The van der Waals surface area contributed by atoms with Crippen LogP contribution in [-0.4, -0.2) is 98.1 Å². The van der Waals surface area contributed by atoms with E-state index in [4.69, 9.17) is 23.9 Å². The van der Waals surface area contributed by atoms with Crippen molar-refractivity contribution in [1.82, 2.24) is 20.1 Å². The number of ether oxygens (including phenoxy) is 4. The lowest BCUT2D eigenvalue weighted by Gasteiger charge is -2.36. The van der Waals surface area contributed by atoms with Gasteiger partial charge in [-0.3, -0.25) is 14.4 Å². The predicted molar refractivity (Wildman–Crippen MR) is 205 cm³/mol. The zero-order chi connectivity index (χ0) is 40.8. The van der Waals surface area contributed by atoms with Crippen molar-refractivity contribution in [1.29, 1.82) is 0 Å². The molecule has 2 aromatic rings. The Hall–Kier alpha value is -5.01. The van der Waals surface area contributed by atoms with Gasteiger partial charge < -0.3 is 29.2 Å². The number of ketones is 1. The maximum absolute atomic E-state index is 15.3. The van der Waals surface area contributed by atoms with Crippen LogP contribution in [0.15, 0.2) is 36.4 Å². The van der Waals surface area contributed by atoms with Crippen LogP contribution in [0, 0.1) is 12.8 Å². The third kappa shape index (κ3) is 8.10. The molecule has 1 spiro atoms. The van der Waals surface area contributed by atoms with Crippen LogP contribution in [0.1, 0.15) is 116 Å². The van der Waals surface area contributed by atoms with E-state index in [-0.39, 0.29) is 50.4 Å². The Labute approximate surface area is 327 Å². The van der Waals surface area contributed by atoms with Crippen LogP contribution in [0.4, 0.5) is 9.59 Å². The molecule has 1 aromatic carbocycles. The fraction of sp³-hybridized carbons (Fsp3) is 0.595. The van der Waals surface area contributed by atoms with E-state index in [1.807, 2.05) is 30.4 Å². The van der Waals surface area contributed by atoms with Gasteiger partial charge in [-0.1, -0.05) is 43.2 Å². The molecule has 2 fully saturated rings. The number of nitrogens with zero attached hydrogens (tertiary/aromatic N) is 3. The van der Waals surface area contributed by atoms with Gasteiger partial charge in [-0.15, -0.1) is 0 Å². The molecule has 3 aliphatic heterocycles. The number of aromatic nitrogens is 1. The highest BCUT2D eigenvalue weighted by molar-refractivity contribution is 6.11. The second-order valence-corrected chi connectivity index (χ2v) is 17.4. The molecule has 1 unspecified atom stereocenters. The van der Waals surface area contributed by atoms with Crippen molar-refractivity contribution >= 4 is 46.7 Å². The number of carbonyl (C=O) groups excluding carboxylic acids is 6. The number of amides is 4. The third-order valence-corrected chi connectivity index (χ3v) is 10.6. The number of hydrogen-bond acceptors (Lipinski definition) is 11. The molecule has 1 saturated carbocycles. The summed E-state index contributed by atoms with van der Waals surface area (Å²) in [5.41, 5.74) is -3.62. The van der Waals surface area contributed by atoms with Crippen molar-refractivity contribution in [2.45, 2.75) is 141 Å². The molecule has 4 aliphatic rings. The van der Waals surface area contributed by atoms with Crippen LogP contribution in [0.25, 0.3) is 10.9 Å². The Balaban J connectivity index is 1.48. The fourth-order valence-electron chi connectivity index (χ4n) is 8.16. The number of alkyl carbamates (subject to hydrolysis) is 1. The largest absolute Gasteiger partial charge is 0.482 e. The standard InChI is InChI=1S/C42H54N4O10/c1-9-53-36(50)42-21-26(42)17-13-11-10-12-14-20-29(44-37(51)55-39(3,4)5)34(48)45-24-41(22-30(45)35(49)46(42)38(52)56-40(6,7)8)23-31(47)32-27-18-15-16-19-28(27)43-25(2)33(32)54-41/h13,15-19,26,29-30H,9-12,14,20-24H2,1-8H3,(H,44,51)/b17-13-/t26?,29-,30-,41-,42+/m0/s1. The van der Waals surface area contributed by atoms with Crippen molar-refractivity contribution in [3.05, 3.63) is 47.7 Å². The zero-order valence-electron chi connectivity index (χ0n) is 33.7. The first-order valence-electron chi connectivity index (χ1n) is 19.6. The summed E-state index contributed by atoms with van der Waals surface area (Å²) in [4.78, 5) is 92.8. The topological polar surface area (TPSA) is 171 Å². The number of allylic oxidation sites excluding steroid dienone is 1. The summed E-state index contributed by atoms with van der Waals surface area (Å²) in [7, 11) is 0. The van der Waals surface area contributed by atoms with Crippen LogP contribution in [0.3, 0.4) is 0 Å². The van der Waals surface area contributed by atoms with Crippen molar-refractivity contribution in [2.75, 3.05) is 13.2 Å². The number of aryl methyl sites for hydroxylation is 1. The van der Waals surface area contributed by atoms with Gasteiger partial charge in [0, 0.05) is 17.7 Å². The van der Waals surface area contributed by atoms with E-state index in [0.29, 0.717) is 35.0 Å². The highest BCUT2D eigenvalue weighted by Gasteiger charge is 2.70. The van der Waals surface area contributed by atoms with Crippen molar-refractivity contribution in [2.24, 2.45) is 5.92 Å². The molecule has 0 radical (unpaired) electrons. The van der Waals surface area contributed by atoms with E-state index in [2.05, 4.69) is 5.32 Å². The quantitative estimate of drug-likeness (QED) is 0.210. The molecule has 4 heterocycles. The molecule has 4 amide bonds. The first-order valence-corrected chi connectivity index (χ1v) is 19.6. The van der Waals surface area contributed by atoms with Crippen LogP contribution in [0.5, 0.6) is 5.75 Å². The smallest absolute Gasteiger partial charge is 0.418 e. The van der Waals surface area contributed by atoms with Gasteiger partial charge in [0.25, 0.3) is 5.91 Å². The van der Waals surface area contributed by atoms with E-state index in [0.717, 1.165) is 17.7 Å². The van der Waals surface area contributed by atoms with E-state index >= 15 is 4.79 Å². The summed E-state index contributed by atoms with van der Waals surface area (Å²) in [6, 6.07) is 4.71. The Bertz CT molecular complexity index is 1960. The molecule has 14 nitrogen and oxygen atoms in total. The van der Waals surface area contributed by atoms with E-state index < -0.39 is 70.3 Å². The molecule has 1 N–H and O–H groups in total. The van der Waals surface area contributed by atoms with E-state index in [1.54, 1.807) is 61.5 Å². The molecule has 0 bridgehead atoms. The van der Waals surface area contributed by atoms with Gasteiger partial charge in [-0.05, 0) is 87.1 Å². The summed E-state index contributed by atoms with van der Waals surface area (Å²) >= 11 is 0. The zero-order valence-corrected chi connectivity index (χ0v) is 33.7. The normalized spacial score (nSPS) is 27.6. The summed E-state index contributed by atoms with van der Waals surface area (Å²) < 4.78 is 23.6. The Morgan fingerprint density at radius 2 is 1.68 bits per heavy atom. The minimum Gasteiger partial charge on any atom is -0.482 e. The van der Waals surface area contributed by atoms with Crippen LogP contribution in [0.2, 0.25) is 0 Å². The molecular weight excluding hydrogens is 720 g/mol. The summed E-state index contributed by atoms with van der Waals surface area (Å²) in [5, 5.41) is 3.36. The second-order valence-electron chi connectivity index (χ2n) is 17.4. The molecule has 1 aromatic heterocycles. The van der Waals surface area contributed by atoms with E-state index in [1.165, 1.54) is 4.90 Å². The SMILES string of the molecule is CCOC(=O)[C@@]12CC1/C=C\CCCCC[C@H](NC(=O)OC(C)(C)C)C(=O)N1C[C@@]3(CC(=O)c4c(c(C)nc5ccccc45)O3)C[C@H]1C(=O)N2C(=O)OC(C)(C)C. The maximum atomic E-state index is 15.3. The van der Waals surface area contributed by atoms with Gasteiger partial charge in [0.05, 0.1) is 36.3 Å². The van der Waals surface area contributed by atoms with E-state index in [9.17, 15) is 24.0 Å². The number of imide groups is 1. The second kappa shape index (κ2) is 15.2. The highest BCUT2D eigenvalue weighted by atomic mass is 16.6. The number of rotatable bonds is 3. The van der Waals surface area contributed by atoms with Crippen LogP contribution in [-0.2, 0) is 28.6 Å². The average molecular weight is 775 g/mol. The number of Topliss-reactive ketones (excluding diaryl/α,β-unsaturated/α-hetero) is 1. The summed E-state index contributed by atoms with van der Waals surface area (Å²) in [5.74, 6) is -2.82. The van der Waals surface area contributed by atoms with Crippen molar-refractivity contribution in [3.8, 4) is 5.75 Å². The average Bonchev–Trinajstić information content (AvgIpc) is 3.69. The van der Waals surface area contributed by atoms with Crippen LogP contribution >= 0.6 is 0 Å². The van der Waals surface area contributed by atoms with Crippen molar-refractivity contribution in [3.63, 3.8) is 0 Å². The number of benzene rings is 1. The monoisotopic (exact) mass is 774 g/mol. The molecule has 56 heavy (non-hydrogen) atoms. The number of fused-ring (bicyclic) bond motifs is 5. The number of hydrogen-bond donors (Lipinski definition) is 1. The van der Waals surface area contributed by atoms with Crippen LogP contribution < -0.4 is 10.1 Å². The molecule has 1 saturated heterocycles. The molecule has 14 heteroatoms. The third-order valence-electron chi connectivity index (χ3n) is 10.6. The number of nitrogens with one attached hydrogen (secondary N) is 1. The van der Waals surface area contributed by atoms with Crippen molar-refractivity contribution < 1.29 is 47.7 Å². The lowest BCUT2D eigenvalue weighted by Crippen LogP contribution is -2.60. The minimum atomic E-state index is -1.74. The number of pyridine rings is 1. The molecule has 302 valence electrons. The van der Waals surface area contributed by atoms with Gasteiger partial charge in [-0.2, -0.15) is 0 Å². The number of esters is 1. The van der Waals surface area contributed by atoms with Gasteiger partial charge in [-0.25, -0.2) is 24.3 Å². The first-order chi connectivity index (χ1) is 26.3. The predicted octanol–water partition coefficient (Wildman–Crippen LogP) is 6.35. The molecular formula is C42H54N4O10. The number of carbonyl (C=O) groups is 6. The Morgan fingerprint density at radius 1 is 0.964 bits per heavy atom. The van der Waals surface area contributed by atoms with Gasteiger partial charge >= 0.3 is 18.2 Å². The van der Waals surface area contributed by atoms with Gasteiger partial charge in [0.2, 0.25) is 5.91 Å². The number of para-hydroxylation sites is 1. The lowest BCUT2D eigenvalue weighted by molar-refractivity contribution is -0.159. The summed E-state index contributed by atoms with van der Waals surface area (Å²) in [6.07, 6.45) is 4.54.